The van der Waals surface area contributed by atoms with E-state index in [1.165, 1.54) is 0 Å². The molecule has 1 aromatic heterocycles. The summed E-state index contributed by atoms with van der Waals surface area (Å²) in [6, 6.07) is 12.9. The van der Waals surface area contributed by atoms with Crippen molar-refractivity contribution >= 4 is 20.9 Å². The number of pyridine rings is 1. The second kappa shape index (κ2) is 7.05. The monoisotopic (exact) mass is 370 g/mol. The zero-order valence-electron chi connectivity index (χ0n) is 15.1. The van der Waals surface area contributed by atoms with E-state index in [9.17, 15) is 13.2 Å². The number of hydrogen-bond acceptors (Lipinski definition) is 3. The van der Waals surface area contributed by atoms with Gasteiger partial charge in [0.2, 0.25) is 10.0 Å². The lowest BCUT2D eigenvalue weighted by Crippen LogP contribution is -2.28. The Morgan fingerprint density at radius 3 is 2.50 bits per heavy atom. The van der Waals surface area contributed by atoms with Crippen LogP contribution in [0.25, 0.3) is 10.9 Å². The minimum absolute atomic E-state index is 0.163. The number of aromatic nitrogens is 1. The van der Waals surface area contributed by atoms with Gasteiger partial charge in [0.05, 0.1) is 10.4 Å². The third-order valence-corrected chi connectivity index (χ3v) is 6.09. The Kier molecular flexibility index (Phi) is 4.98. The van der Waals surface area contributed by atoms with Crippen molar-refractivity contribution in [2.75, 3.05) is 6.54 Å². The van der Waals surface area contributed by atoms with Crippen molar-refractivity contribution in [1.82, 2.24) is 9.71 Å². The summed E-state index contributed by atoms with van der Waals surface area (Å²) in [5.41, 5.74) is 3.92. The molecular formula is C20H22N2O3S. The highest BCUT2D eigenvalue weighted by molar-refractivity contribution is 7.89. The Morgan fingerprint density at radius 1 is 1.00 bits per heavy atom. The molecule has 0 amide bonds. The van der Waals surface area contributed by atoms with Gasteiger partial charge in [-0.15, -0.1) is 0 Å². The van der Waals surface area contributed by atoms with Crippen LogP contribution in [0.4, 0.5) is 0 Å². The van der Waals surface area contributed by atoms with E-state index in [0.29, 0.717) is 17.5 Å². The third-order valence-electron chi connectivity index (χ3n) is 4.47. The van der Waals surface area contributed by atoms with Crippen LogP contribution in [0.15, 0.2) is 52.2 Å². The summed E-state index contributed by atoms with van der Waals surface area (Å²) in [6.45, 7) is 5.80. The van der Waals surface area contributed by atoms with E-state index >= 15 is 0 Å². The summed E-state index contributed by atoms with van der Waals surface area (Å²) in [5.74, 6) is 0. The van der Waals surface area contributed by atoms with Crippen LogP contribution < -0.4 is 10.3 Å². The van der Waals surface area contributed by atoms with Gasteiger partial charge in [-0.2, -0.15) is 0 Å². The summed E-state index contributed by atoms with van der Waals surface area (Å²) in [6.07, 6.45) is 0.323. The number of sulfonamides is 1. The SMILES string of the molecule is Cc1ccc(S(=O)(=O)NCCc2cc3cccc(C)c3[nH]c2=O)c(C)c1. The number of benzene rings is 2. The van der Waals surface area contributed by atoms with Gasteiger partial charge >= 0.3 is 0 Å². The second-order valence-electron chi connectivity index (χ2n) is 6.58. The predicted octanol–water partition coefficient (Wildman–Crippen LogP) is 2.97. The van der Waals surface area contributed by atoms with Crippen LogP contribution in [0, 0.1) is 20.8 Å². The van der Waals surface area contributed by atoms with Crippen molar-refractivity contribution in [1.29, 1.82) is 0 Å². The lowest BCUT2D eigenvalue weighted by atomic mass is 10.1. The number of nitrogens with one attached hydrogen (secondary N) is 2. The molecule has 1 heterocycles. The van der Waals surface area contributed by atoms with E-state index in [4.69, 9.17) is 0 Å². The molecule has 2 N–H and O–H groups in total. The minimum atomic E-state index is -3.60. The van der Waals surface area contributed by atoms with Crippen molar-refractivity contribution < 1.29 is 8.42 Å². The first-order valence-corrected chi connectivity index (χ1v) is 9.95. The lowest BCUT2D eigenvalue weighted by Gasteiger charge is -2.10. The Balaban J connectivity index is 1.78. The maximum Gasteiger partial charge on any atom is 0.251 e. The Morgan fingerprint density at radius 2 is 1.77 bits per heavy atom. The molecule has 0 aliphatic heterocycles. The molecule has 3 rings (SSSR count). The van der Waals surface area contributed by atoms with E-state index in [1.807, 2.05) is 44.2 Å². The van der Waals surface area contributed by atoms with Gasteiger partial charge in [0.15, 0.2) is 0 Å². The number of aryl methyl sites for hydroxylation is 3. The molecule has 0 unspecified atom stereocenters. The normalized spacial score (nSPS) is 11.8. The van der Waals surface area contributed by atoms with Gasteiger partial charge in [-0.3, -0.25) is 4.79 Å². The second-order valence-corrected chi connectivity index (χ2v) is 8.31. The highest BCUT2D eigenvalue weighted by Gasteiger charge is 2.16. The highest BCUT2D eigenvalue weighted by atomic mass is 32.2. The van der Waals surface area contributed by atoms with Gasteiger partial charge in [0, 0.05) is 12.1 Å². The molecule has 0 fully saturated rings. The fraction of sp³-hybridized carbons (Fsp3) is 0.250. The van der Waals surface area contributed by atoms with Crippen LogP contribution in [-0.4, -0.2) is 19.9 Å². The summed E-state index contributed by atoms with van der Waals surface area (Å²) in [5, 5.41) is 0.942. The highest BCUT2D eigenvalue weighted by Crippen LogP contribution is 2.17. The number of para-hydroxylation sites is 1. The van der Waals surface area contributed by atoms with Crippen LogP contribution >= 0.6 is 0 Å². The van der Waals surface area contributed by atoms with Gasteiger partial charge < -0.3 is 4.98 Å². The molecule has 0 aliphatic rings. The van der Waals surface area contributed by atoms with E-state index in [2.05, 4.69) is 9.71 Å². The van der Waals surface area contributed by atoms with E-state index < -0.39 is 10.0 Å². The molecule has 0 atom stereocenters. The van der Waals surface area contributed by atoms with Crippen molar-refractivity contribution in [2.24, 2.45) is 0 Å². The van der Waals surface area contributed by atoms with Gasteiger partial charge in [0.1, 0.15) is 0 Å². The standard InChI is InChI=1S/C20H22N2O3S/c1-13-7-8-18(15(3)11-13)26(24,25)21-10-9-17-12-16-6-4-5-14(2)19(16)22-20(17)23/h4-8,11-12,21H,9-10H2,1-3H3,(H,22,23). The maximum atomic E-state index is 12.5. The van der Waals surface area contributed by atoms with E-state index in [1.54, 1.807) is 19.1 Å². The number of hydrogen-bond donors (Lipinski definition) is 2. The largest absolute Gasteiger partial charge is 0.321 e. The average Bonchev–Trinajstić information content (AvgIpc) is 2.56. The smallest absolute Gasteiger partial charge is 0.251 e. The number of fused-ring (bicyclic) bond motifs is 1. The third kappa shape index (κ3) is 3.71. The molecule has 3 aromatic rings. The molecule has 0 bridgehead atoms. The Bertz CT molecular complexity index is 1130. The molecule has 0 saturated carbocycles. The summed E-state index contributed by atoms with van der Waals surface area (Å²) in [7, 11) is -3.60. The average molecular weight is 370 g/mol. The van der Waals surface area contributed by atoms with Gasteiger partial charge in [-0.1, -0.05) is 35.9 Å². The summed E-state index contributed by atoms with van der Waals surface area (Å²) in [4.78, 5) is 15.4. The van der Waals surface area contributed by atoms with Crippen molar-refractivity contribution in [2.45, 2.75) is 32.1 Å². The Labute approximate surface area is 153 Å². The van der Waals surface area contributed by atoms with Gasteiger partial charge in [-0.05, 0) is 55.8 Å². The molecule has 0 radical (unpaired) electrons. The van der Waals surface area contributed by atoms with Gasteiger partial charge in [0.25, 0.3) is 5.56 Å². The van der Waals surface area contributed by atoms with E-state index in [0.717, 1.165) is 22.0 Å². The summed E-state index contributed by atoms with van der Waals surface area (Å²) < 4.78 is 27.6. The van der Waals surface area contributed by atoms with Crippen LogP contribution in [0.1, 0.15) is 22.3 Å². The zero-order chi connectivity index (χ0) is 18.9. The fourth-order valence-corrected chi connectivity index (χ4v) is 4.37. The van der Waals surface area contributed by atoms with Crippen LogP contribution in [0.3, 0.4) is 0 Å². The number of H-pyrrole nitrogens is 1. The first-order chi connectivity index (χ1) is 12.3. The number of aromatic amines is 1. The lowest BCUT2D eigenvalue weighted by molar-refractivity contribution is 0.581. The topological polar surface area (TPSA) is 79.0 Å². The molecule has 5 nitrogen and oxygen atoms in total. The first-order valence-electron chi connectivity index (χ1n) is 8.46. The quantitative estimate of drug-likeness (QED) is 0.725. The predicted molar refractivity (Wildman–Crippen MR) is 104 cm³/mol. The fourth-order valence-electron chi connectivity index (χ4n) is 3.11. The maximum absolute atomic E-state index is 12.5. The van der Waals surface area contributed by atoms with Crippen molar-refractivity contribution in [3.63, 3.8) is 0 Å². The van der Waals surface area contributed by atoms with Crippen LogP contribution in [0.5, 0.6) is 0 Å². The Hall–Kier alpha value is -2.44. The van der Waals surface area contributed by atoms with E-state index in [-0.39, 0.29) is 17.0 Å². The molecule has 136 valence electrons. The molecular weight excluding hydrogens is 348 g/mol. The molecule has 0 spiro atoms. The molecule has 2 aromatic carbocycles. The molecule has 0 saturated heterocycles. The molecule has 0 aliphatic carbocycles. The summed E-state index contributed by atoms with van der Waals surface area (Å²) >= 11 is 0. The zero-order valence-corrected chi connectivity index (χ0v) is 15.9. The number of rotatable bonds is 5. The molecule has 26 heavy (non-hydrogen) atoms. The van der Waals surface area contributed by atoms with Gasteiger partial charge in [-0.25, -0.2) is 13.1 Å². The van der Waals surface area contributed by atoms with Crippen molar-refractivity contribution in [3.05, 3.63) is 75.1 Å². The minimum Gasteiger partial charge on any atom is -0.321 e. The van der Waals surface area contributed by atoms with Crippen LogP contribution in [0.2, 0.25) is 0 Å². The van der Waals surface area contributed by atoms with Crippen LogP contribution in [-0.2, 0) is 16.4 Å². The first kappa shape index (κ1) is 18.4. The van der Waals surface area contributed by atoms with Crippen molar-refractivity contribution in [3.8, 4) is 0 Å². The molecule has 6 heteroatoms.